The van der Waals surface area contributed by atoms with Gasteiger partial charge in [0, 0.05) is 17.8 Å². The fourth-order valence-corrected chi connectivity index (χ4v) is 3.07. The number of hydrogen-bond acceptors (Lipinski definition) is 8. The summed E-state index contributed by atoms with van der Waals surface area (Å²) in [5.74, 6) is 0.435. The number of tetrazole rings is 1. The molecule has 28 heavy (non-hydrogen) atoms. The number of amides is 1. The molecule has 3 aromatic rings. The third-order valence-corrected chi connectivity index (χ3v) is 4.79. The van der Waals surface area contributed by atoms with E-state index in [0.29, 0.717) is 16.6 Å². The Morgan fingerprint density at radius 2 is 1.89 bits per heavy atom. The van der Waals surface area contributed by atoms with Crippen molar-refractivity contribution in [3.8, 4) is 11.4 Å². The minimum absolute atomic E-state index is 0.0425. The van der Waals surface area contributed by atoms with E-state index in [1.165, 1.54) is 40.7 Å². The molecule has 3 rings (SSSR count). The number of nitro groups is 1. The van der Waals surface area contributed by atoms with E-state index in [9.17, 15) is 14.9 Å². The molecule has 0 saturated heterocycles. The molecule has 2 aromatic carbocycles. The lowest BCUT2D eigenvalue weighted by Gasteiger charge is -2.12. The van der Waals surface area contributed by atoms with E-state index in [4.69, 9.17) is 4.74 Å². The number of methoxy groups -OCH3 is 1. The van der Waals surface area contributed by atoms with E-state index < -0.39 is 10.2 Å². The highest BCUT2D eigenvalue weighted by Gasteiger charge is 2.19. The summed E-state index contributed by atoms with van der Waals surface area (Å²) in [5, 5.41) is 25.0. The van der Waals surface area contributed by atoms with Gasteiger partial charge in [0.2, 0.25) is 11.1 Å². The molecule has 1 amide bonds. The monoisotopic (exact) mass is 400 g/mol. The zero-order valence-electron chi connectivity index (χ0n) is 15.0. The lowest BCUT2D eigenvalue weighted by Crippen LogP contribution is -2.22. The molecule has 1 N–H and O–H groups in total. The van der Waals surface area contributed by atoms with Crippen LogP contribution in [0.5, 0.6) is 5.75 Å². The van der Waals surface area contributed by atoms with Crippen molar-refractivity contribution in [2.75, 3.05) is 12.4 Å². The Hall–Kier alpha value is -3.47. The third-order valence-electron chi connectivity index (χ3n) is 3.75. The molecule has 0 aliphatic heterocycles. The number of benzene rings is 2. The molecule has 11 heteroatoms. The number of rotatable bonds is 7. The van der Waals surface area contributed by atoms with Crippen molar-refractivity contribution < 1.29 is 14.5 Å². The fourth-order valence-electron chi connectivity index (χ4n) is 2.26. The molecule has 0 bridgehead atoms. The maximum Gasteiger partial charge on any atom is 0.269 e. The molecule has 0 saturated carbocycles. The molecular formula is C17H16N6O4S. The van der Waals surface area contributed by atoms with Crippen LogP contribution >= 0.6 is 11.8 Å². The van der Waals surface area contributed by atoms with Gasteiger partial charge in [0.25, 0.3) is 5.69 Å². The molecule has 144 valence electrons. The van der Waals surface area contributed by atoms with Gasteiger partial charge in [-0.25, -0.2) is 0 Å². The van der Waals surface area contributed by atoms with E-state index >= 15 is 0 Å². The Labute approximate surface area is 164 Å². The van der Waals surface area contributed by atoms with Crippen LogP contribution in [0.3, 0.4) is 0 Å². The average molecular weight is 400 g/mol. The molecule has 10 nitrogen and oxygen atoms in total. The minimum atomic E-state index is -0.502. The Morgan fingerprint density at radius 1 is 1.21 bits per heavy atom. The van der Waals surface area contributed by atoms with Gasteiger partial charge in [0.1, 0.15) is 5.75 Å². The van der Waals surface area contributed by atoms with E-state index in [1.807, 2.05) is 0 Å². The lowest BCUT2D eigenvalue weighted by atomic mass is 10.3. The second-order valence-corrected chi connectivity index (χ2v) is 6.93. The summed E-state index contributed by atoms with van der Waals surface area (Å²) >= 11 is 1.19. The first-order chi connectivity index (χ1) is 13.5. The van der Waals surface area contributed by atoms with Gasteiger partial charge in [-0.05, 0) is 53.7 Å². The largest absolute Gasteiger partial charge is 0.497 e. The molecule has 1 aromatic heterocycles. The number of carbonyl (C=O) groups excluding carboxylic acids is 1. The maximum absolute atomic E-state index is 12.4. The van der Waals surface area contributed by atoms with Gasteiger partial charge in [0.05, 0.1) is 23.0 Å². The SMILES string of the molecule is COc1ccc(-n2nnnc2S[C@@H](C)C(=O)Nc2ccc([N+](=O)[O-])cc2)cc1. The van der Waals surface area contributed by atoms with Crippen LogP contribution in [0.2, 0.25) is 0 Å². The summed E-state index contributed by atoms with van der Waals surface area (Å²) in [5.41, 5.74) is 1.16. The summed E-state index contributed by atoms with van der Waals surface area (Å²) in [6.07, 6.45) is 0. The fraction of sp³-hybridized carbons (Fsp3) is 0.176. The van der Waals surface area contributed by atoms with Crippen LogP contribution in [-0.2, 0) is 4.79 Å². The number of nitrogens with zero attached hydrogens (tertiary/aromatic N) is 5. The number of carbonyl (C=O) groups is 1. The molecule has 0 aliphatic carbocycles. The molecule has 1 atom stereocenters. The number of hydrogen-bond donors (Lipinski definition) is 1. The van der Waals surface area contributed by atoms with Crippen molar-refractivity contribution in [3.63, 3.8) is 0 Å². The predicted octanol–water partition coefficient (Wildman–Crippen LogP) is 2.70. The highest BCUT2D eigenvalue weighted by Crippen LogP contribution is 2.25. The summed E-state index contributed by atoms with van der Waals surface area (Å²) in [6, 6.07) is 12.8. The zero-order chi connectivity index (χ0) is 20.1. The molecule has 0 aliphatic rings. The molecule has 0 radical (unpaired) electrons. The van der Waals surface area contributed by atoms with E-state index in [1.54, 1.807) is 38.3 Å². The summed E-state index contributed by atoms with van der Waals surface area (Å²) in [6.45, 7) is 1.72. The quantitative estimate of drug-likeness (QED) is 0.364. The van der Waals surface area contributed by atoms with E-state index in [-0.39, 0.29) is 11.6 Å². The highest BCUT2D eigenvalue weighted by atomic mass is 32.2. The number of non-ortho nitro benzene ring substituents is 1. The number of thioether (sulfide) groups is 1. The van der Waals surface area contributed by atoms with E-state index in [2.05, 4.69) is 20.8 Å². The van der Waals surface area contributed by atoms with Crippen molar-refractivity contribution in [1.82, 2.24) is 20.2 Å². The Kier molecular flexibility index (Phi) is 5.84. The van der Waals surface area contributed by atoms with Crippen LogP contribution in [0.4, 0.5) is 11.4 Å². The summed E-state index contributed by atoms with van der Waals surface area (Å²) in [7, 11) is 1.58. The van der Waals surface area contributed by atoms with Crippen molar-refractivity contribution in [3.05, 3.63) is 58.6 Å². The second kappa shape index (κ2) is 8.48. The summed E-state index contributed by atoms with van der Waals surface area (Å²) < 4.78 is 6.66. The average Bonchev–Trinajstić information content (AvgIpc) is 3.16. The maximum atomic E-state index is 12.4. The highest BCUT2D eigenvalue weighted by molar-refractivity contribution is 8.00. The predicted molar refractivity (Wildman–Crippen MR) is 103 cm³/mol. The van der Waals surface area contributed by atoms with Gasteiger partial charge in [-0.3, -0.25) is 14.9 Å². The van der Waals surface area contributed by atoms with Crippen molar-refractivity contribution in [2.45, 2.75) is 17.3 Å². The van der Waals surface area contributed by atoms with Crippen LogP contribution in [0, 0.1) is 10.1 Å². The van der Waals surface area contributed by atoms with Crippen molar-refractivity contribution >= 4 is 29.0 Å². The number of anilines is 1. The van der Waals surface area contributed by atoms with Gasteiger partial charge >= 0.3 is 0 Å². The minimum Gasteiger partial charge on any atom is -0.497 e. The van der Waals surface area contributed by atoms with Crippen LogP contribution in [-0.4, -0.2) is 43.4 Å². The molecule has 0 unspecified atom stereocenters. The van der Waals surface area contributed by atoms with Crippen molar-refractivity contribution in [2.24, 2.45) is 0 Å². The topological polar surface area (TPSA) is 125 Å². The van der Waals surface area contributed by atoms with Crippen LogP contribution in [0.25, 0.3) is 5.69 Å². The number of nitro benzene ring substituents is 1. The second-order valence-electron chi connectivity index (χ2n) is 5.62. The number of aromatic nitrogens is 4. The first-order valence-corrected chi connectivity index (χ1v) is 9.00. The Bertz CT molecular complexity index is 974. The standard InChI is InChI=1S/C17H16N6O4S/c1-11(16(24)18-12-3-5-14(6-4-12)23(25)26)28-17-19-20-21-22(17)13-7-9-15(27-2)10-8-13/h3-11H,1-2H3,(H,18,24)/t11-/m0/s1. The first-order valence-electron chi connectivity index (χ1n) is 8.12. The van der Waals surface area contributed by atoms with Crippen LogP contribution in [0.15, 0.2) is 53.7 Å². The Balaban J connectivity index is 1.67. The van der Waals surface area contributed by atoms with Crippen LogP contribution in [0.1, 0.15) is 6.92 Å². The van der Waals surface area contributed by atoms with Crippen LogP contribution < -0.4 is 10.1 Å². The summed E-state index contributed by atoms with van der Waals surface area (Å²) in [4.78, 5) is 22.6. The molecular weight excluding hydrogens is 384 g/mol. The third kappa shape index (κ3) is 4.43. The van der Waals surface area contributed by atoms with Gasteiger partial charge in [-0.15, -0.1) is 5.10 Å². The first kappa shape index (κ1) is 19.3. The van der Waals surface area contributed by atoms with Gasteiger partial charge in [-0.1, -0.05) is 11.8 Å². The number of nitrogens with one attached hydrogen (secondary N) is 1. The smallest absolute Gasteiger partial charge is 0.269 e. The Morgan fingerprint density at radius 3 is 2.50 bits per heavy atom. The normalized spacial score (nSPS) is 11.6. The van der Waals surface area contributed by atoms with Gasteiger partial charge in [0.15, 0.2) is 0 Å². The molecule has 0 fully saturated rings. The van der Waals surface area contributed by atoms with E-state index in [0.717, 1.165) is 5.69 Å². The lowest BCUT2D eigenvalue weighted by molar-refractivity contribution is -0.384. The molecule has 1 heterocycles. The number of ether oxygens (including phenoxy) is 1. The zero-order valence-corrected chi connectivity index (χ0v) is 15.8. The van der Waals surface area contributed by atoms with Crippen molar-refractivity contribution in [1.29, 1.82) is 0 Å². The molecule has 0 spiro atoms. The van der Waals surface area contributed by atoms with Gasteiger partial charge < -0.3 is 10.1 Å². The van der Waals surface area contributed by atoms with Gasteiger partial charge in [-0.2, -0.15) is 4.68 Å².